The largest absolute Gasteiger partial charge is 0.494 e. The molecule has 0 amide bonds. The van der Waals surface area contributed by atoms with Crippen LogP contribution in [0.1, 0.15) is 57.9 Å². The van der Waals surface area contributed by atoms with Crippen molar-refractivity contribution in [2.75, 3.05) is 26.2 Å². The van der Waals surface area contributed by atoms with Crippen molar-refractivity contribution in [1.82, 2.24) is 0 Å². The molecule has 1 fully saturated rings. The average molecular weight is 306 g/mol. The SMILES string of the molecule is CCC[C@](O)(CC[NH+]1CCCCC1)c1ccc(OCC)cc1. The van der Waals surface area contributed by atoms with Crippen LogP contribution in [0.15, 0.2) is 24.3 Å². The topological polar surface area (TPSA) is 33.9 Å². The molecule has 0 spiro atoms. The number of aliphatic hydroxyl groups is 1. The van der Waals surface area contributed by atoms with Gasteiger partial charge in [0.15, 0.2) is 0 Å². The first kappa shape index (κ1) is 17.3. The lowest BCUT2D eigenvalue weighted by atomic mass is 9.86. The summed E-state index contributed by atoms with van der Waals surface area (Å²) in [6.45, 7) is 8.42. The molecule has 1 atom stereocenters. The summed E-state index contributed by atoms with van der Waals surface area (Å²) in [5.41, 5.74) is 0.346. The molecule has 124 valence electrons. The first-order chi connectivity index (χ1) is 10.7. The Labute approximate surface area is 135 Å². The highest BCUT2D eigenvalue weighted by Crippen LogP contribution is 2.31. The van der Waals surface area contributed by atoms with Crippen LogP contribution >= 0.6 is 0 Å². The van der Waals surface area contributed by atoms with Gasteiger partial charge in [0.05, 0.1) is 31.8 Å². The Morgan fingerprint density at radius 3 is 2.32 bits per heavy atom. The van der Waals surface area contributed by atoms with Crippen LogP contribution in [-0.4, -0.2) is 31.3 Å². The summed E-state index contributed by atoms with van der Waals surface area (Å²) in [5.74, 6) is 0.881. The third-order valence-electron chi connectivity index (χ3n) is 4.82. The van der Waals surface area contributed by atoms with Crippen LogP contribution in [0, 0.1) is 0 Å². The Morgan fingerprint density at radius 1 is 1.05 bits per heavy atom. The number of hydrogen-bond acceptors (Lipinski definition) is 2. The van der Waals surface area contributed by atoms with Gasteiger partial charge in [0.1, 0.15) is 5.75 Å². The van der Waals surface area contributed by atoms with Crippen LogP contribution in [-0.2, 0) is 5.60 Å². The van der Waals surface area contributed by atoms with Crippen molar-refractivity contribution in [1.29, 1.82) is 0 Å². The summed E-state index contributed by atoms with van der Waals surface area (Å²) in [6.07, 6.45) is 6.73. The number of rotatable bonds is 8. The van der Waals surface area contributed by atoms with E-state index in [1.165, 1.54) is 32.4 Å². The van der Waals surface area contributed by atoms with E-state index in [-0.39, 0.29) is 0 Å². The summed E-state index contributed by atoms with van der Waals surface area (Å²) < 4.78 is 5.50. The minimum Gasteiger partial charge on any atom is -0.494 e. The molecule has 0 saturated carbocycles. The van der Waals surface area contributed by atoms with Gasteiger partial charge in [-0.2, -0.15) is 0 Å². The maximum atomic E-state index is 11.2. The van der Waals surface area contributed by atoms with Crippen LogP contribution in [0.25, 0.3) is 0 Å². The van der Waals surface area contributed by atoms with E-state index in [9.17, 15) is 5.11 Å². The van der Waals surface area contributed by atoms with E-state index < -0.39 is 5.60 Å². The van der Waals surface area contributed by atoms with E-state index in [4.69, 9.17) is 4.74 Å². The molecule has 0 bridgehead atoms. The average Bonchev–Trinajstić information content (AvgIpc) is 2.55. The van der Waals surface area contributed by atoms with Crippen molar-refractivity contribution < 1.29 is 14.7 Å². The van der Waals surface area contributed by atoms with Crippen molar-refractivity contribution >= 4 is 0 Å². The lowest BCUT2D eigenvalue weighted by Crippen LogP contribution is -3.13. The molecule has 3 nitrogen and oxygen atoms in total. The van der Waals surface area contributed by atoms with Gasteiger partial charge in [-0.05, 0) is 50.3 Å². The van der Waals surface area contributed by atoms with E-state index in [2.05, 4.69) is 6.92 Å². The molecule has 3 heteroatoms. The van der Waals surface area contributed by atoms with Crippen molar-refractivity contribution in [2.45, 2.75) is 58.0 Å². The second kappa shape index (κ2) is 8.54. The van der Waals surface area contributed by atoms with E-state index in [1.807, 2.05) is 31.2 Å². The van der Waals surface area contributed by atoms with Gasteiger partial charge in [-0.25, -0.2) is 0 Å². The number of quaternary nitrogens is 1. The van der Waals surface area contributed by atoms with Gasteiger partial charge in [0.25, 0.3) is 0 Å². The first-order valence-electron chi connectivity index (χ1n) is 8.97. The minimum absolute atomic E-state index is 0.677. The number of ether oxygens (including phenoxy) is 1. The maximum Gasteiger partial charge on any atom is 0.119 e. The van der Waals surface area contributed by atoms with Crippen molar-refractivity contribution in [3.05, 3.63) is 29.8 Å². The van der Waals surface area contributed by atoms with Crippen LogP contribution in [0.4, 0.5) is 0 Å². The standard InChI is InChI=1S/C19H31NO2/c1-3-12-19(21,13-16-20-14-6-5-7-15-20)17-8-10-18(11-9-17)22-4-2/h8-11,21H,3-7,12-16H2,1-2H3/p+1/t19-/m0/s1. The van der Waals surface area contributed by atoms with Gasteiger partial charge in [-0.1, -0.05) is 25.5 Å². The van der Waals surface area contributed by atoms with Crippen LogP contribution < -0.4 is 9.64 Å². The number of nitrogens with one attached hydrogen (secondary N) is 1. The molecule has 2 N–H and O–H groups in total. The highest BCUT2D eigenvalue weighted by molar-refractivity contribution is 5.30. The fourth-order valence-electron chi connectivity index (χ4n) is 3.54. The molecule has 1 heterocycles. The number of piperidine rings is 1. The molecule has 0 aliphatic carbocycles. The molecule has 1 aliphatic rings. The van der Waals surface area contributed by atoms with E-state index in [0.717, 1.165) is 37.1 Å². The Balaban J connectivity index is 2.01. The van der Waals surface area contributed by atoms with Crippen LogP contribution in [0.3, 0.4) is 0 Å². The molecule has 22 heavy (non-hydrogen) atoms. The summed E-state index contributed by atoms with van der Waals surface area (Å²) in [4.78, 5) is 1.66. The molecule has 1 saturated heterocycles. The normalized spacial score (nSPS) is 18.9. The van der Waals surface area contributed by atoms with Crippen molar-refractivity contribution in [2.24, 2.45) is 0 Å². The Morgan fingerprint density at radius 2 is 1.73 bits per heavy atom. The third-order valence-corrected chi connectivity index (χ3v) is 4.82. The summed E-state index contributed by atoms with van der Waals surface area (Å²) in [5, 5.41) is 11.2. The first-order valence-corrected chi connectivity index (χ1v) is 8.97. The highest BCUT2D eigenvalue weighted by atomic mass is 16.5. The van der Waals surface area contributed by atoms with Gasteiger partial charge in [0.2, 0.25) is 0 Å². The molecule has 2 rings (SSSR count). The molecule has 0 radical (unpaired) electrons. The Bertz CT molecular complexity index is 426. The molecular weight excluding hydrogens is 274 g/mol. The monoisotopic (exact) mass is 306 g/mol. The number of benzene rings is 1. The van der Waals surface area contributed by atoms with Crippen LogP contribution in [0.5, 0.6) is 5.75 Å². The summed E-state index contributed by atoms with van der Waals surface area (Å²) in [6, 6.07) is 8.03. The molecule has 1 aromatic carbocycles. The molecule has 1 aliphatic heterocycles. The molecule has 1 aromatic rings. The zero-order valence-electron chi connectivity index (χ0n) is 14.2. The van der Waals surface area contributed by atoms with E-state index in [1.54, 1.807) is 4.90 Å². The lowest BCUT2D eigenvalue weighted by molar-refractivity contribution is -0.905. The number of likely N-dealkylation sites (tertiary alicyclic amines) is 1. The Kier molecular flexibility index (Phi) is 6.71. The second-order valence-electron chi connectivity index (χ2n) is 6.55. The summed E-state index contributed by atoms with van der Waals surface area (Å²) >= 11 is 0. The zero-order valence-corrected chi connectivity index (χ0v) is 14.2. The maximum absolute atomic E-state index is 11.2. The van der Waals surface area contributed by atoms with Gasteiger partial charge in [0, 0.05) is 6.42 Å². The fraction of sp³-hybridized carbons (Fsp3) is 0.684. The highest BCUT2D eigenvalue weighted by Gasteiger charge is 2.30. The molecule has 0 aromatic heterocycles. The fourth-order valence-corrected chi connectivity index (χ4v) is 3.54. The lowest BCUT2D eigenvalue weighted by Gasteiger charge is -2.31. The smallest absolute Gasteiger partial charge is 0.119 e. The third kappa shape index (κ3) is 4.72. The zero-order chi connectivity index (χ0) is 15.8. The van der Waals surface area contributed by atoms with Gasteiger partial charge in [-0.15, -0.1) is 0 Å². The van der Waals surface area contributed by atoms with Gasteiger partial charge < -0.3 is 14.7 Å². The molecule has 0 unspecified atom stereocenters. The predicted molar refractivity (Wildman–Crippen MR) is 90.4 cm³/mol. The van der Waals surface area contributed by atoms with Crippen molar-refractivity contribution in [3.63, 3.8) is 0 Å². The predicted octanol–water partition coefficient (Wildman–Crippen LogP) is 2.53. The Hall–Kier alpha value is -1.06. The van der Waals surface area contributed by atoms with Gasteiger partial charge in [-0.3, -0.25) is 0 Å². The minimum atomic E-state index is -0.691. The number of hydrogen-bond donors (Lipinski definition) is 2. The quantitative estimate of drug-likeness (QED) is 0.774. The second-order valence-corrected chi connectivity index (χ2v) is 6.55. The van der Waals surface area contributed by atoms with E-state index >= 15 is 0 Å². The molecular formula is C19H32NO2+. The summed E-state index contributed by atoms with van der Waals surface area (Å²) in [7, 11) is 0. The van der Waals surface area contributed by atoms with Crippen molar-refractivity contribution in [3.8, 4) is 5.75 Å². The van der Waals surface area contributed by atoms with Crippen LogP contribution in [0.2, 0.25) is 0 Å². The van der Waals surface area contributed by atoms with Gasteiger partial charge >= 0.3 is 0 Å². The van der Waals surface area contributed by atoms with E-state index in [0.29, 0.717) is 6.61 Å².